The number of piperidine rings is 1. The van der Waals surface area contributed by atoms with Crippen LogP contribution in [0, 0.1) is 0 Å². The van der Waals surface area contributed by atoms with Gasteiger partial charge in [-0.2, -0.15) is 10.1 Å². The second-order valence-electron chi connectivity index (χ2n) is 5.75. The third-order valence-electron chi connectivity index (χ3n) is 4.05. The fourth-order valence-corrected chi connectivity index (χ4v) is 3.14. The zero-order chi connectivity index (χ0) is 17.3. The number of aryl methyl sites for hydroxylation is 1. The molecule has 0 bridgehead atoms. The number of rotatable bonds is 3. The predicted octanol–water partition coefficient (Wildman–Crippen LogP) is 2.42. The minimum Gasteiger partial charge on any atom is -0.396 e. The van der Waals surface area contributed by atoms with Crippen LogP contribution in [0.4, 0.5) is 11.6 Å². The van der Waals surface area contributed by atoms with Gasteiger partial charge in [0.2, 0.25) is 5.95 Å². The molecule has 1 aliphatic heterocycles. The Bertz CT molecular complexity index is 746. The topological polar surface area (TPSA) is 97.9 Å². The minimum atomic E-state index is -0.369. The maximum atomic E-state index is 12.4. The fraction of sp³-hybridized carbons (Fsp3) is 0.400. The van der Waals surface area contributed by atoms with Crippen molar-refractivity contribution in [2.75, 3.05) is 24.1 Å². The van der Waals surface area contributed by atoms with E-state index in [1.54, 1.807) is 11.7 Å². The normalized spacial score (nSPS) is 15.5. The molecule has 0 aliphatic carbocycles. The molecule has 1 aromatic heterocycles. The summed E-state index contributed by atoms with van der Waals surface area (Å²) in [6.07, 6.45) is 1.97. The molecule has 1 aromatic carbocycles. The fourth-order valence-electron chi connectivity index (χ4n) is 2.66. The summed E-state index contributed by atoms with van der Waals surface area (Å²) in [5, 5.41) is 10.9. The van der Waals surface area contributed by atoms with Gasteiger partial charge in [0.05, 0.1) is 15.7 Å². The number of benzene rings is 1. The summed E-state index contributed by atoms with van der Waals surface area (Å²) in [5.74, 6) is 1.08. The molecule has 0 spiro atoms. The molecule has 0 saturated carbocycles. The van der Waals surface area contributed by atoms with Gasteiger partial charge in [-0.3, -0.25) is 10.1 Å². The summed E-state index contributed by atoms with van der Waals surface area (Å²) in [4.78, 5) is 16.9. The number of carbonyl (C=O) groups is 1. The number of anilines is 2. The number of aromatic nitrogens is 3. The Morgan fingerprint density at radius 1 is 1.33 bits per heavy atom. The predicted molar refractivity (Wildman–Crippen MR) is 94.7 cm³/mol. The van der Waals surface area contributed by atoms with E-state index in [-0.39, 0.29) is 21.6 Å². The first kappa shape index (κ1) is 17.0. The van der Waals surface area contributed by atoms with Crippen molar-refractivity contribution in [3.8, 4) is 0 Å². The number of hydrogen-bond acceptors (Lipinski definition) is 5. The van der Waals surface area contributed by atoms with Crippen molar-refractivity contribution in [3.63, 3.8) is 0 Å². The van der Waals surface area contributed by atoms with E-state index < -0.39 is 0 Å². The maximum Gasteiger partial charge on any atom is 0.258 e. The first-order valence-electron chi connectivity index (χ1n) is 7.63. The van der Waals surface area contributed by atoms with Crippen LogP contribution in [0.15, 0.2) is 12.1 Å². The maximum absolute atomic E-state index is 12.4. The van der Waals surface area contributed by atoms with Gasteiger partial charge >= 0.3 is 0 Å². The van der Waals surface area contributed by atoms with Crippen LogP contribution in [0.2, 0.25) is 10.0 Å². The van der Waals surface area contributed by atoms with E-state index in [1.165, 1.54) is 12.1 Å². The molecule has 2 heterocycles. The Balaban J connectivity index is 1.78. The van der Waals surface area contributed by atoms with Crippen LogP contribution in [0.3, 0.4) is 0 Å². The van der Waals surface area contributed by atoms with Crippen LogP contribution < -0.4 is 16.4 Å². The number of nitrogens with zero attached hydrogens (tertiary/aromatic N) is 3. The molecule has 1 fully saturated rings. The van der Waals surface area contributed by atoms with Crippen molar-refractivity contribution in [2.45, 2.75) is 18.8 Å². The summed E-state index contributed by atoms with van der Waals surface area (Å²) in [7, 11) is 1.75. The van der Waals surface area contributed by atoms with Crippen molar-refractivity contribution in [3.05, 3.63) is 33.6 Å². The highest BCUT2D eigenvalue weighted by atomic mass is 35.5. The number of amides is 1. The molecule has 3 rings (SSSR count). The third-order valence-corrected chi connectivity index (χ3v) is 4.68. The lowest BCUT2D eigenvalue weighted by atomic mass is 9.98. The van der Waals surface area contributed by atoms with Crippen molar-refractivity contribution in [1.29, 1.82) is 0 Å². The second-order valence-corrected chi connectivity index (χ2v) is 6.56. The van der Waals surface area contributed by atoms with E-state index in [1.807, 2.05) is 0 Å². The molecular formula is C15H18Cl2N6O. The van der Waals surface area contributed by atoms with E-state index >= 15 is 0 Å². The van der Waals surface area contributed by atoms with Crippen LogP contribution in [-0.2, 0) is 7.05 Å². The Kier molecular flexibility index (Phi) is 4.93. The van der Waals surface area contributed by atoms with E-state index in [4.69, 9.17) is 28.9 Å². The second kappa shape index (κ2) is 6.96. The average Bonchev–Trinajstić information content (AvgIpc) is 2.93. The number of carbonyl (C=O) groups excluding carboxylic acids is 1. The van der Waals surface area contributed by atoms with Gasteiger partial charge in [-0.1, -0.05) is 23.2 Å². The molecule has 0 unspecified atom stereocenters. The first-order valence-corrected chi connectivity index (χ1v) is 8.39. The van der Waals surface area contributed by atoms with Gasteiger partial charge in [-0.15, -0.1) is 0 Å². The lowest BCUT2D eigenvalue weighted by Gasteiger charge is -2.19. The van der Waals surface area contributed by atoms with Gasteiger partial charge in [0.25, 0.3) is 5.91 Å². The van der Waals surface area contributed by atoms with Crippen molar-refractivity contribution in [2.24, 2.45) is 7.05 Å². The number of hydrogen-bond donors (Lipinski definition) is 3. The monoisotopic (exact) mass is 368 g/mol. The first-order chi connectivity index (χ1) is 11.5. The van der Waals surface area contributed by atoms with E-state index in [0.717, 1.165) is 31.8 Å². The van der Waals surface area contributed by atoms with E-state index in [9.17, 15) is 4.79 Å². The summed E-state index contributed by atoms with van der Waals surface area (Å²) in [5.41, 5.74) is 6.25. The molecule has 128 valence electrons. The largest absolute Gasteiger partial charge is 0.396 e. The molecule has 0 radical (unpaired) electrons. The molecule has 0 atom stereocenters. The summed E-state index contributed by atoms with van der Waals surface area (Å²) >= 11 is 11.9. The highest BCUT2D eigenvalue weighted by Gasteiger charge is 2.22. The summed E-state index contributed by atoms with van der Waals surface area (Å²) in [6.45, 7) is 1.90. The highest BCUT2D eigenvalue weighted by Crippen LogP contribution is 2.29. The molecule has 7 nitrogen and oxygen atoms in total. The van der Waals surface area contributed by atoms with Gasteiger partial charge in [-0.05, 0) is 38.1 Å². The van der Waals surface area contributed by atoms with Gasteiger partial charge in [0.15, 0.2) is 5.82 Å². The lowest BCUT2D eigenvalue weighted by molar-refractivity contribution is 0.102. The molecule has 9 heteroatoms. The highest BCUT2D eigenvalue weighted by molar-refractivity contribution is 6.39. The Hall–Kier alpha value is -1.83. The van der Waals surface area contributed by atoms with Crippen LogP contribution in [0.5, 0.6) is 0 Å². The van der Waals surface area contributed by atoms with Crippen molar-refractivity contribution < 1.29 is 4.79 Å². The van der Waals surface area contributed by atoms with Gasteiger partial charge in [0.1, 0.15) is 0 Å². The average molecular weight is 369 g/mol. The van der Waals surface area contributed by atoms with Crippen LogP contribution >= 0.6 is 23.2 Å². The summed E-state index contributed by atoms with van der Waals surface area (Å²) < 4.78 is 1.57. The van der Waals surface area contributed by atoms with Gasteiger partial charge < -0.3 is 11.1 Å². The summed E-state index contributed by atoms with van der Waals surface area (Å²) in [6, 6.07) is 2.95. The molecule has 1 aliphatic rings. The zero-order valence-electron chi connectivity index (χ0n) is 13.1. The van der Waals surface area contributed by atoms with E-state index in [2.05, 4.69) is 20.7 Å². The van der Waals surface area contributed by atoms with E-state index in [0.29, 0.717) is 17.4 Å². The third kappa shape index (κ3) is 3.48. The number of halogens is 2. The zero-order valence-corrected chi connectivity index (χ0v) is 14.7. The van der Waals surface area contributed by atoms with Gasteiger partial charge in [0, 0.05) is 18.5 Å². The van der Waals surface area contributed by atoms with Crippen molar-refractivity contribution in [1.82, 2.24) is 20.1 Å². The standard InChI is InChI=1S/C15H18Cl2N6O/c1-23-15(20-13(22-23)8-2-4-19-5-3-8)21-14(24)9-6-10(16)12(18)11(17)7-9/h6-8,19H,2-5,18H2,1H3,(H,20,21,22,24). The molecular weight excluding hydrogens is 351 g/mol. The molecule has 4 N–H and O–H groups in total. The molecule has 1 saturated heterocycles. The molecule has 2 aromatic rings. The quantitative estimate of drug-likeness (QED) is 0.722. The molecule has 1 amide bonds. The Morgan fingerprint density at radius 2 is 1.96 bits per heavy atom. The Labute approximate surface area is 149 Å². The van der Waals surface area contributed by atoms with Crippen LogP contribution in [0.1, 0.15) is 34.9 Å². The number of nitrogens with one attached hydrogen (secondary N) is 2. The molecule has 24 heavy (non-hydrogen) atoms. The SMILES string of the molecule is Cn1nc(C2CCNCC2)nc1NC(=O)c1cc(Cl)c(N)c(Cl)c1. The Morgan fingerprint density at radius 3 is 2.58 bits per heavy atom. The van der Waals surface area contributed by atoms with Crippen molar-refractivity contribution >= 4 is 40.7 Å². The number of nitrogens with two attached hydrogens (primary N) is 1. The van der Waals surface area contributed by atoms with Gasteiger partial charge in [-0.25, -0.2) is 4.68 Å². The van der Waals surface area contributed by atoms with Crippen LogP contribution in [0.25, 0.3) is 0 Å². The minimum absolute atomic E-state index is 0.237. The number of nitrogen functional groups attached to an aromatic ring is 1. The smallest absolute Gasteiger partial charge is 0.258 e. The van der Waals surface area contributed by atoms with Crippen LogP contribution in [-0.4, -0.2) is 33.8 Å². The lowest BCUT2D eigenvalue weighted by Crippen LogP contribution is -2.27.